The van der Waals surface area contributed by atoms with Gasteiger partial charge >= 0.3 is 12.4 Å². The number of carbonyl (C=O) groups excluding carboxylic acids is 1. The van der Waals surface area contributed by atoms with Gasteiger partial charge in [0.1, 0.15) is 5.82 Å². The molecule has 3 saturated heterocycles. The molecule has 1 atom stereocenters. The van der Waals surface area contributed by atoms with Gasteiger partial charge in [-0.2, -0.15) is 26.3 Å². The second-order valence-electron chi connectivity index (χ2n) is 12.4. The second kappa shape index (κ2) is 13.2. The zero-order valence-corrected chi connectivity index (χ0v) is 25.2. The van der Waals surface area contributed by atoms with Crippen LogP contribution in [0.15, 0.2) is 36.4 Å². The van der Waals surface area contributed by atoms with E-state index in [1.807, 2.05) is 0 Å². The molecular formula is C32H37ClF7N3O. The van der Waals surface area contributed by atoms with Crippen LogP contribution in [0.4, 0.5) is 30.7 Å². The lowest BCUT2D eigenvalue weighted by atomic mass is 9.75. The number of nitrogens with zero attached hydrogens (tertiary/aromatic N) is 3. The van der Waals surface area contributed by atoms with Crippen LogP contribution in [0.5, 0.6) is 0 Å². The molecule has 12 heteroatoms. The first kappa shape index (κ1) is 33.0. The first-order valence-corrected chi connectivity index (χ1v) is 15.6. The van der Waals surface area contributed by atoms with Crippen LogP contribution in [0.3, 0.4) is 0 Å². The van der Waals surface area contributed by atoms with Crippen LogP contribution < -0.4 is 0 Å². The number of amides is 1. The van der Waals surface area contributed by atoms with Gasteiger partial charge in [-0.1, -0.05) is 30.2 Å². The summed E-state index contributed by atoms with van der Waals surface area (Å²) in [6.07, 6.45) is -4.44. The van der Waals surface area contributed by atoms with Gasteiger partial charge in [-0.25, -0.2) is 4.39 Å². The van der Waals surface area contributed by atoms with Crippen molar-refractivity contribution in [2.24, 2.45) is 0 Å². The Balaban J connectivity index is 1.37. The van der Waals surface area contributed by atoms with Crippen LogP contribution in [-0.4, -0.2) is 72.5 Å². The van der Waals surface area contributed by atoms with E-state index in [-0.39, 0.29) is 42.1 Å². The highest BCUT2D eigenvalue weighted by atomic mass is 35.5. The molecule has 0 N–H and O–H groups in total. The highest BCUT2D eigenvalue weighted by Gasteiger charge is 2.47. The molecule has 5 rings (SSSR count). The molecule has 2 aromatic carbocycles. The van der Waals surface area contributed by atoms with E-state index in [0.29, 0.717) is 31.1 Å². The lowest BCUT2D eigenvalue weighted by Crippen LogP contribution is -2.47. The summed E-state index contributed by atoms with van der Waals surface area (Å²) in [4.78, 5) is 19.6. The Hall–Kier alpha value is -2.37. The molecule has 2 aromatic rings. The van der Waals surface area contributed by atoms with Crippen molar-refractivity contribution in [1.29, 1.82) is 0 Å². The number of alkyl halides is 6. The first-order valence-electron chi connectivity index (χ1n) is 15.2. The van der Waals surface area contributed by atoms with Gasteiger partial charge in [0.05, 0.1) is 17.5 Å². The Morgan fingerprint density at radius 1 is 0.886 bits per heavy atom. The Morgan fingerprint density at radius 3 is 2.20 bits per heavy atom. The Morgan fingerprint density at radius 2 is 1.57 bits per heavy atom. The van der Waals surface area contributed by atoms with E-state index >= 15 is 0 Å². The van der Waals surface area contributed by atoms with Crippen molar-refractivity contribution in [3.8, 4) is 0 Å². The standard InChI is InChI=1S/C32H37ClF7N3O/c33-27-5-4-6-28(34)24(27)20-29(44)43-18-12-30(21-43,22-7-8-25(31(35,36)37)26(19-22)32(38,39)40)11-17-41-15-9-23(10-16-41)42-13-2-1-3-14-42/h4-8,19,23H,1-3,9-18,20-21H2/t30-/m1/s1. The summed E-state index contributed by atoms with van der Waals surface area (Å²) < 4.78 is 96.9. The van der Waals surface area contributed by atoms with E-state index in [9.17, 15) is 35.5 Å². The van der Waals surface area contributed by atoms with E-state index in [2.05, 4.69) is 9.80 Å². The molecule has 0 spiro atoms. The molecule has 1 amide bonds. The van der Waals surface area contributed by atoms with Crippen molar-refractivity contribution in [1.82, 2.24) is 14.7 Å². The number of halogens is 8. The van der Waals surface area contributed by atoms with Crippen molar-refractivity contribution < 1.29 is 35.5 Å². The van der Waals surface area contributed by atoms with E-state index < -0.39 is 40.6 Å². The van der Waals surface area contributed by atoms with E-state index in [0.717, 1.165) is 45.1 Å². The van der Waals surface area contributed by atoms with Gasteiger partial charge in [-0.05, 0) is 101 Å². The molecule has 0 aliphatic carbocycles. The fourth-order valence-electron chi connectivity index (χ4n) is 7.15. The van der Waals surface area contributed by atoms with Gasteiger partial charge in [-0.3, -0.25) is 4.79 Å². The van der Waals surface area contributed by atoms with Gasteiger partial charge in [0.25, 0.3) is 0 Å². The summed E-state index contributed by atoms with van der Waals surface area (Å²) in [7, 11) is 0. The molecule has 3 aliphatic heterocycles. The monoisotopic (exact) mass is 647 g/mol. The summed E-state index contributed by atoms with van der Waals surface area (Å²) in [5.41, 5.74) is -4.30. The molecule has 0 saturated carbocycles. The van der Waals surface area contributed by atoms with Gasteiger partial charge in [0.15, 0.2) is 0 Å². The molecule has 0 bridgehead atoms. The summed E-state index contributed by atoms with van der Waals surface area (Å²) in [6.45, 7) is 4.60. The summed E-state index contributed by atoms with van der Waals surface area (Å²) in [5, 5.41) is 0.0920. The normalized spacial score (nSPS) is 23.0. The summed E-state index contributed by atoms with van der Waals surface area (Å²) in [5.74, 6) is -1.08. The van der Waals surface area contributed by atoms with Crippen LogP contribution in [0, 0.1) is 5.82 Å². The number of hydrogen-bond donors (Lipinski definition) is 0. The maximum Gasteiger partial charge on any atom is 0.417 e. The summed E-state index contributed by atoms with van der Waals surface area (Å²) in [6, 6.07) is 6.84. The third kappa shape index (κ3) is 7.36. The quantitative estimate of drug-likeness (QED) is 0.290. The minimum atomic E-state index is -5.21. The maximum absolute atomic E-state index is 14.4. The molecule has 3 heterocycles. The van der Waals surface area contributed by atoms with E-state index in [1.54, 1.807) is 0 Å². The average Bonchev–Trinajstić information content (AvgIpc) is 3.43. The molecule has 242 valence electrons. The third-order valence-corrected chi connectivity index (χ3v) is 10.1. The van der Waals surface area contributed by atoms with Crippen LogP contribution >= 0.6 is 11.6 Å². The van der Waals surface area contributed by atoms with Crippen molar-refractivity contribution in [2.45, 2.75) is 75.2 Å². The SMILES string of the molecule is O=C(Cc1c(F)cccc1Cl)N1CC[C@@](CCN2CCC(N3CCCCC3)CC2)(c2ccc(C(F)(F)F)c(C(F)(F)F)c2)C1. The highest BCUT2D eigenvalue weighted by Crippen LogP contribution is 2.45. The Bertz CT molecular complexity index is 1300. The van der Waals surface area contributed by atoms with Gasteiger partial charge in [-0.15, -0.1) is 0 Å². The minimum absolute atomic E-state index is 0.0187. The zero-order valence-electron chi connectivity index (χ0n) is 24.4. The second-order valence-corrected chi connectivity index (χ2v) is 12.8. The third-order valence-electron chi connectivity index (χ3n) is 9.71. The highest BCUT2D eigenvalue weighted by molar-refractivity contribution is 6.31. The molecule has 0 unspecified atom stereocenters. The minimum Gasteiger partial charge on any atom is -0.341 e. The number of benzene rings is 2. The lowest BCUT2D eigenvalue weighted by molar-refractivity contribution is -0.162. The van der Waals surface area contributed by atoms with Crippen molar-refractivity contribution in [2.75, 3.05) is 45.8 Å². The number of piperidine rings is 2. The first-order chi connectivity index (χ1) is 20.8. The van der Waals surface area contributed by atoms with Gasteiger partial charge in [0, 0.05) is 35.1 Å². The van der Waals surface area contributed by atoms with Crippen LogP contribution in [0.2, 0.25) is 5.02 Å². The number of likely N-dealkylation sites (tertiary alicyclic amines) is 3. The molecule has 4 nitrogen and oxygen atoms in total. The largest absolute Gasteiger partial charge is 0.417 e. The van der Waals surface area contributed by atoms with E-state index in [4.69, 9.17) is 11.6 Å². The molecule has 0 radical (unpaired) electrons. The van der Waals surface area contributed by atoms with Crippen molar-refractivity contribution in [3.05, 3.63) is 69.5 Å². The Labute approximate surface area is 258 Å². The number of hydrogen-bond acceptors (Lipinski definition) is 3. The molecule has 0 aromatic heterocycles. The molecule has 3 aliphatic rings. The number of rotatable bonds is 7. The lowest BCUT2D eigenvalue weighted by Gasteiger charge is -2.41. The topological polar surface area (TPSA) is 26.8 Å². The predicted octanol–water partition coefficient (Wildman–Crippen LogP) is 7.57. The van der Waals surface area contributed by atoms with Gasteiger partial charge < -0.3 is 14.7 Å². The zero-order chi connectivity index (χ0) is 31.7. The fourth-order valence-corrected chi connectivity index (χ4v) is 7.38. The van der Waals surface area contributed by atoms with Crippen LogP contribution in [-0.2, 0) is 29.0 Å². The van der Waals surface area contributed by atoms with Crippen molar-refractivity contribution >= 4 is 17.5 Å². The number of carbonyl (C=O) groups is 1. The van der Waals surface area contributed by atoms with Crippen LogP contribution in [0.1, 0.15) is 67.2 Å². The molecule has 44 heavy (non-hydrogen) atoms. The smallest absolute Gasteiger partial charge is 0.341 e. The predicted molar refractivity (Wildman–Crippen MR) is 154 cm³/mol. The van der Waals surface area contributed by atoms with Crippen molar-refractivity contribution in [3.63, 3.8) is 0 Å². The van der Waals surface area contributed by atoms with Gasteiger partial charge in [0.2, 0.25) is 5.91 Å². The summed E-state index contributed by atoms with van der Waals surface area (Å²) >= 11 is 6.12. The van der Waals surface area contributed by atoms with Crippen LogP contribution in [0.25, 0.3) is 0 Å². The van der Waals surface area contributed by atoms with E-state index in [1.165, 1.54) is 42.4 Å². The average molecular weight is 648 g/mol. The fraction of sp³-hybridized carbons (Fsp3) is 0.594. The molecular weight excluding hydrogens is 611 g/mol. The Kier molecular flexibility index (Phi) is 9.87. The maximum atomic E-state index is 14.4. The molecule has 3 fully saturated rings.